The molecule has 2 rings (SSSR count). The minimum atomic E-state index is -0.327. The molecule has 0 fully saturated rings. The molecule has 0 saturated heterocycles. The summed E-state index contributed by atoms with van der Waals surface area (Å²) in [6.07, 6.45) is 0. The van der Waals surface area contributed by atoms with Gasteiger partial charge in [-0.1, -0.05) is 41.5 Å². The average molecular weight is 404 g/mol. The van der Waals surface area contributed by atoms with E-state index in [0.717, 1.165) is 0 Å². The molecule has 1 amide bonds. The Morgan fingerprint density at radius 3 is 2.38 bits per heavy atom. The zero-order valence-corrected chi connectivity index (χ0v) is 14.4. The quantitative estimate of drug-likeness (QED) is 0.733. The Hall–Kier alpha value is -1.14. The van der Waals surface area contributed by atoms with Gasteiger partial charge in [-0.3, -0.25) is 4.79 Å². The van der Waals surface area contributed by atoms with Crippen molar-refractivity contribution in [1.29, 1.82) is 0 Å². The minimum Gasteiger partial charge on any atom is -0.389 e. The van der Waals surface area contributed by atoms with Crippen LogP contribution in [0.3, 0.4) is 0 Å². The fourth-order valence-electron chi connectivity index (χ4n) is 1.61. The van der Waals surface area contributed by atoms with Crippen LogP contribution in [0, 0.1) is 0 Å². The molecule has 0 spiro atoms. The zero-order valence-electron chi connectivity index (χ0n) is 10.5. The Balaban J connectivity index is 2.28. The van der Waals surface area contributed by atoms with Crippen molar-refractivity contribution < 1.29 is 4.79 Å². The molecule has 0 heterocycles. The van der Waals surface area contributed by atoms with Gasteiger partial charge in [0.2, 0.25) is 0 Å². The molecule has 2 aromatic carbocycles. The number of thiocarbonyl (C=S) groups is 1. The second kappa shape index (κ2) is 6.75. The lowest BCUT2D eigenvalue weighted by atomic mass is 10.1. The SMILES string of the molecule is NC(=S)c1ccc(Cl)c(NC(=O)c2ccc(Br)c(Cl)c2)c1. The number of nitrogens with two attached hydrogens (primary N) is 1. The monoisotopic (exact) mass is 402 g/mol. The average Bonchev–Trinajstić information content (AvgIpc) is 2.43. The maximum atomic E-state index is 12.2. The number of halogens is 3. The van der Waals surface area contributed by atoms with E-state index in [1.54, 1.807) is 36.4 Å². The number of nitrogens with one attached hydrogen (secondary N) is 1. The van der Waals surface area contributed by atoms with Crippen molar-refractivity contribution in [2.45, 2.75) is 0 Å². The molecule has 0 bridgehead atoms. The largest absolute Gasteiger partial charge is 0.389 e. The maximum absolute atomic E-state index is 12.2. The fourth-order valence-corrected chi connectivity index (χ4v) is 2.33. The van der Waals surface area contributed by atoms with E-state index in [0.29, 0.717) is 31.3 Å². The third-order valence-electron chi connectivity index (χ3n) is 2.68. The highest BCUT2D eigenvalue weighted by atomic mass is 79.9. The van der Waals surface area contributed by atoms with Crippen LogP contribution in [0.5, 0.6) is 0 Å². The van der Waals surface area contributed by atoms with Crippen LogP contribution >= 0.6 is 51.3 Å². The molecule has 0 atom stereocenters. The van der Waals surface area contributed by atoms with E-state index < -0.39 is 0 Å². The first kappa shape index (κ1) is 16.2. The summed E-state index contributed by atoms with van der Waals surface area (Å²) < 4.78 is 0.717. The Bertz CT molecular complexity index is 737. The van der Waals surface area contributed by atoms with Crippen molar-refractivity contribution in [1.82, 2.24) is 0 Å². The van der Waals surface area contributed by atoms with Crippen LogP contribution in [0.2, 0.25) is 10.0 Å². The van der Waals surface area contributed by atoms with Gasteiger partial charge in [0.1, 0.15) is 4.99 Å². The number of amides is 1. The van der Waals surface area contributed by atoms with E-state index in [4.69, 9.17) is 41.2 Å². The lowest BCUT2D eigenvalue weighted by Crippen LogP contribution is -2.14. The summed E-state index contributed by atoms with van der Waals surface area (Å²) in [5.74, 6) is -0.327. The summed E-state index contributed by atoms with van der Waals surface area (Å²) >= 11 is 20.2. The first-order chi connectivity index (χ1) is 9.88. The summed E-state index contributed by atoms with van der Waals surface area (Å²) in [6, 6.07) is 9.85. The predicted molar refractivity (Wildman–Crippen MR) is 94.4 cm³/mol. The molecule has 0 radical (unpaired) electrons. The van der Waals surface area contributed by atoms with E-state index in [1.807, 2.05) is 0 Å². The van der Waals surface area contributed by atoms with Crippen LogP contribution in [0.4, 0.5) is 5.69 Å². The van der Waals surface area contributed by atoms with Gasteiger partial charge in [-0.2, -0.15) is 0 Å². The smallest absolute Gasteiger partial charge is 0.255 e. The summed E-state index contributed by atoms with van der Waals surface area (Å²) in [5, 5.41) is 3.55. The van der Waals surface area contributed by atoms with Crippen LogP contribution in [-0.4, -0.2) is 10.9 Å². The summed E-state index contributed by atoms with van der Waals surface area (Å²) in [6.45, 7) is 0. The van der Waals surface area contributed by atoms with E-state index >= 15 is 0 Å². The minimum absolute atomic E-state index is 0.230. The Labute approximate surface area is 145 Å². The van der Waals surface area contributed by atoms with E-state index in [-0.39, 0.29) is 10.9 Å². The lowest BCUT2D eigenvalue weighted by molar-refractivity contribution is 0.102. The maximum Gasteiger partial charge on any atom is 0.255 e. The van der Waals surface area contributed by atoms with Crippen molar-refractivity contribution in [3.8, 4) is 0 Å². The third kappa shape index (κ3) is 3.95. The molecule has 2 aromatic rings. The first-order valence-corrected chi connectivity index (χ1v) is 7.70. The van der Waals surface area contributed by atoms with Gasteiger partial charge in [-0.25, -0.2) is 0 Å². The molecule has 0 aliphatic carbocycles. The van der Waals surface area contributed by atoms with E-state index in [9.17, 15) is 4.79 Å². The summed E-state index contributed by atoms with van der Waals surface area (Å²) in [4.78, 5) is 12.4. The van der Waals surface area contributed by atoms with Crippen LogP contribution < -0.4 is 11.1 Å². The molecular formula is C14H9BrCl2N2OS. The first-order valence-electron chi connectivity index (χ1n) is 5.74. The molecule has 0 aromatic heterocycles. The van der Waals surface area contributed by atoms with Gasteiger partial charge in [0, 0.05) is 15.6 Å². The van der Waals surface area contributed by atoms with Crippen LogP contribution in [-0.2, 0) is 0 Å². The van der Waals surface area contributed by atoms with Gasteiger partial charge in [-0.15, -0.1) is 0 Å². The fraction of sp³-hybridized carbons (Fsp3) is 0. The summed E-state index contributed by atoms with van der Waals surface area (Å²) in [5.41, 5.74) is 7.04. The van der Waals surface area contributed by atoms with Crippen LogP contribution in [0.15, 0.2) is 40.9 Å². The normalized spacial score (nSPS) is 10.2. The number of rotatable bonds is 3. The topological polar surface area (TPSA) is 55.1 Å². The number of benzene rings is 2. The number of carbonyl (C=O) groups excluding carboxylic acids is 1. The Kier molecular flexibility index (Phi) is 5.22. The molecule has 3 nitrogen and oxygen atoms in total. The highest BCUT2D eigenvalue weighted by Gasteiger charge is 2.11. The molecule has 3 N–H and O–H groups in total. The van der Waals surface area contributed by atoms with Gasteiger partial charge in [0.15, 0.2) is 0 Å². The third-order valence-corrected chi connectivity index (χ3v) is 4.48. The highest BCUT2D eigenvalue weighted by Crippen LogP contribution is 2.26. The van der Waals surface area contributed by atoms with Crippen LogP contribution in [0.25, 0.3) is 0 Å². The van der Waals surface area contributed by atoms with Crippen molar-refractivity contribution in [3.63, 3.8) is 0 Å². The van der Waals surface area contributed by atoms with Gasteiger partial charge in [0.25, 0.3) is 5.91 Å². The molecule has 0 saturated carbocycles. The van der Waals surface area contributed by atoms with Crippen LogP contribution in [0.1, 0.15) is 15.9 Å². The highest BCUT2D eigenvalue weighted by molar-refractivity contribution is 9.10. The molecule has 7 heteroatoms. The van der Waals surface area contributed by atoms with Gasteiger partial charge < -0.3 is 11.1 Å². The number of hydrogen-bond donors (Lipinski definition) is 2. The molecule has 0 unspecified atom stereocenters. The lowest BCUT2D eigenvalue weighted by Gasteiger charge is -2.09. The van der Waals surface area contributed by atoms with Crippen molar-refractivity contribution in [3.05, 3.63) is 62.0 Å². The molecular weight excluding hydrogens is 395 g/mol. The standard InChI is InChI=1S/C14H9BrCl2N2OS/c15-9-3-1-8(5-11(9)17)14(20)19-12-6-7(13(18)21)2-4-10(12)16/h1-6H,(H2,18,21)(H,19,20). The van der Waals surface area contributed by atoms with E-state index in [2.05, 4.69) is 21.2 Å². The number of carbonyl (C=O) groups is 1. The van der Waals surface area contributed by atoms with Gasteiger partial charge >= 0.3 is 0 Å². The van der Waals surface area contributed by atoms with Crippen molar-refractivity contribution >= 4 is 67.9 Å². The molecule has 108 valence electrons. The van der Waals surface area contributed by atoms with E-state index in [1.165, 1.54) is 0 Å². The zero-order chi connectivity index (χ0) is 15.6. The number of hydrogen-bond acceptors (Lipinski definition) is 2. The number of anilines is 1. The van der Waals surface area contributed by atoms with Crippen molar-refractivity contribution in [2.24, 2.45) is 5.73 Å². The van der Waals surface area contributed by atoms with Crippen molar-refractivity contribution in [2.75, 3.05) is 5.32 Å². The summed E-state index contributed by atoms with van der Waals surface area (Å²) in [7, 11) is 0. The Morgan fingerprint density at radius 1 is 1.10 bits per heavy atom. The molecule has 21 heavy (non-hydrogen) atoms. The van der Waals surface area contributed by atoms with Gasteiger partial charge in [0.05, 0.1) is 15.7 Å². The second-order valence-corrected chi connectivity index (χ2v) is 6.25. The second-order valence-electron chi connectivity index (χ2n) is 4.14. The van der Waals surface area contributed by atoms with Gasteiger partial charge in [-0.05, 0) is 46.3 Å². The molecule has 0 aliphatic rings. The molecule has 0 aliphatic heterocycles. The Morgan fingerprint density at radius 2 is 1.76 bits per heavy atom. The predicted octanol–water partition coefficient (Wildman–Crippen LogP) is 4.64.